The third-order valence-electron chi connectivity index (χ3n) is 6.64. The van der Waals surface area contributed by atoms with Crippen LogP contribution in [0.3, 0.4) is 0 Å². The van der Waals surface area contributed by atoms with Crippen molar-refractivity contribution in [3.8, 4) is 11.5 Å². The first kappa shape index (κ1) is 24.1. The van der Waals surface area contributed by atoms with Crippen molar-refractivity contribution in [2.75, 3.05) is 5.32 Å². The minimum Gasteiger partial charge on any atom is -0.457 e. The Hall–Kier alpha value is -2.57. The summed E-state index contributed by atoms with van der Waals surface area (Å²) in [6.45, 7) is 0. The van der Waals surface area contributed by atoms with Crippen LogP contribution in [0.1, 0.15) is 69.5 Å². The van der Waals surface area contributed by atoms with Gasteiger partial charge in [-0.05, 0) is 80.6 Å². The number of carbonyl (C=O) groups is 1. The molecule has 0 bridgehead atoms. The van der Waals surface area contributed by atoms with Gasteiger partial charge < -0.3 is 14.6 Å². The van der Waals surface area contributed by atoms with Crippen LogP contribution in [-0.4, -0.2) is 16.5 Å². The van der Waals surface area contributed by atoms with E-state index in [0.717, 1.165) is 22.7 Å². The molecular weight excluding hydrogens is 478 g/mol. The van der Waals surface area contributed by atoms with Gasteiger partial charge in [-0.15, -0.1) is 11.3 Å². The van der Waals surface area contributed by atoms with E-state index in [0.29, 0.717) is 29.3 Å². The van der Waals surface area contributed by atoms with Crippen molar-refractivity contribution in [1.82, 2.24) is 4.57 Å². The van der Waals surface area contributed by atoms with Crippen molar-refractivity contribution in [2.45, 2.75) is 76.3 Å². The maximum Gasteiger partial charge on any atom is 0.224 e. The molecular formula is C28H32ClN3O2S. The molecule has 0 unspecified atom stereocenters. The molecule has 184 valence electrons. The SMILES string of the molecule is O=C(CCc1csc(=NC2CCCCCC2)n1C1CC1)Nc1ccc(Oc2ccc(Cl)cc2)cc1. The Balaban J connectivity index is 1.17. The number of anilines is 1. The number of carbonyl (C=O) groups excluding carboxylic acids is 1. The Morgan fingerprint density at radius 3 is 2.29 bits per heavy atom. The summed E-state index contributed by atoms with van der Waals surface area (Å²) in [6.07, 6.45) is 11.3. The number of ether oxygens (including phenoxy) is 1. The van der Waals surface area contributed by atoms with Gasteiger partial charge in [-0.3, -0.25) is 9.79 Å². The summed E-state index contributed by atoms with van der Waals surface area (Å²) < 4.78 is 8.24. The van der Waals surface area contributed by atoms with Crippen LogP contribution in [0.25, 0.3) is 0 Å². The molecule has 2 aromatic carbocycles. The molecule has 0 atom stereocenters. The van der Waals surface area contributed by atoms with Crippen LogP contribution in [-0.2, 0) is 11.2 Å². The van der Waals surface area contributed by atoms with Crippen molar-refractivity contribution in [3.63, 3.8) is 0 Å². The highest BCUT2D eigenvalue weighted by Crippen LogP contribution is 2.35. The van der Waals surface area contributed by atoms with Crippen LogP contribution in [0.2, 0.25) is 5.02 Å². The van der Waals surface area contributed by atoms with Gasteiger partial charge in [-0.25, -0.2) is 0 Å². The summed E-state index contributed by atoms with van der Waals surface area (Å²) in [5.41, 5.74) is 2.01. The molecule has 1 N–H and O–H groups in total. The molecule has 1 amide bonds. The van der Waals surface area contributed by atoms with Crippen LogP contribution in [0, 0.1) is 0 Å². The monoisotopic (exact) mass is 509 g/mol. The van der Waals surface area contributed by atoms with E-state index in [1.54, 1.807) is 23.5 Å². The summed E-state index contributed by atoms with van der Waals surface area (Å²) in [4.78, 5) is 19.0. The van der Waals surface area contributed by atoms with E-state index in [9.17, 15) is 4.79 Å². The third kappa shape index (κ3) is 6.77. The van der Waals surface area contributed by atoms with Crippen LogP contribution < -0.4 is 14.9 Å². The van der Waals surface area contributed by atoms with E-state index in [-0.39, 0.29) is 5.91 Å². The molecule has 3 aromatic rings. The highest BCUT2D eigenvalue weighted by atomic mass is 35.5. The number of hydrogen-bond donors (Lipinski definition) is 1. The number of thiazole rings is 1. The molecule has 2 fully saturated rings. The van der Waals surface area contributed by atoms with Gasteiger partial charge in [0.25, 0.3) is 0 Å². The summed E-state index contributed by atoms with van der Waals surface area (Å²) in [6, 6.07) is 15.7. The van der Waals surface area contributed by atoms with Gasteiger partial charge in [0, 0.05) is 34.2 Å². The molecule has 0 aliphatic heterocycles. The van der Waals surface area contributed by atoms with Crippen LogP contribution in [0.5, 0.6) is 11.5 Å². The number of aromatic nitrogens is 1. The molecule has 7 heteroatoms. The molecule has 5 rings (SSSR count). The predicted octanol–water partition coefficient (Wildman–Crippen LogP) is 7.53. The number of nitrogens with zero attached hydrogens (tertiary/aromatic N) is 2. The quantitative estimate of drug-likeness (QED) is 0.319. The van der Waals surface area contributed by atoms with Gasteiger partial charge in [0.1, 0.15) is 11.5 Å². The first-order valence-corrected chi connectivity index (χ1v) is 14.0. The fourth-order valence-electron chi connectivity index (χ4n) is 4.61. The average molecular weight is 510 g/mol. The Morgan fingerprint density at radius 2 is 1.63 bits per heavy atom. The number of amides is 1. The lowest BCUT2D eigenvalue weighted by Crippen LogP contribution is -2.21. The van der Waals surface area contributed by atoms with Gasteiger partial charge in [0.05, 0.1) is 6.04 Å². The fourth-order valence-corrected chi connectivity index (χ4v) is 5.79. The van der Waals surface area contributed by atoms with E-state index in [4.69, 9.17) is 21.3 Å². The van der Waals surface area contributed by atoms with Gasteiger partial charge in [-0.1, -0.05) is 37.3 Å². The first-order valence-electron chi connectivity index (χ1n) is 12.7. The fraction of sp³-hybridized carbons (Fsp3) is 0.429. The van der Waals surface area contributed by atoms with Crippen LogP contribution in [0.15, 0.2) is 58.9 Å². The Labute approximate surface area is 215 Å². The van der Waals surface area contributed by atoms with E-state index in [1.807, 2.05) is 36.4 Å². The lowest BCUT2D eigenvalue weighted by atomic mass is 10.1. The number of rotatable bonds is 8. The third-order valence-corrected chi connectivity index (χ3v) is 7.80. The van der Waals surface area contributed by atoms with Gasteiger partial charge >= 0.3 is 0 Å². The van der Waals surface area contributed by atoms with Crippen LogP contribution >= 0.6 is 22.9 Å². The molecule has 0 saturated heterocycles. The Morgan fingerprint density at radius 1 is 0.971 bits per heavy atom. The first-order chi connectivity index (χ1) is 17.1. The molecule has 1 aromatic heterocycles. The van der Waals surface area contributed by atoms with Crippen LogP contribution in [0.4, 0.5) is 5.69 Å². The van der Waals surface area contributed by atoms with Gasteiger partial charge in [0.15, 0.2) is 4.80 Å². The van der Waals surface area contributed by atoms with E-state index in [1.165, 1.54) is 57.1 Å². The predicted molar refractivity (Wildman–Crippen MR) is 143 cm³/mol. The number of aryl methyl sites for hydroxylation is 1. The molecule has 2 aliphatic carbocycles. The number of benzene rings is 2. The zero-order valence-corrected chi connectivity index (χ0v) is 21.5. The molecule has 2 saturated carbocycles. The minimum absolute atomic E-state index is 0.0205. The molecule has 2 aliphatic rings. The standard InChI is InChI=1S/C28H32ClN3O2S/c29-20-7-14-25(15-8-20)34-26-16-9-22(10-17-26)30-27(33)18-13-24-19-35-28(32(24)23-11-12-23)31-21-5-3-1-2-4-6-21/h7-10,14-17,19,21,23H,1-6,11-13,18H2,(H,30,33). The number of halogens is 1. The zero-order chi connectivity index (χ0) is 24.0. The van der Waals surface area contributed by atoms with Crippen molar-refractivity contribution >= 4 is 34.5 Å². The Bertz CT molecular complexity index is 1190. The smallest absolute Gasteiger partial charge is 0.224 e. The second-order valence-corrected chi connectivity index (χ2v) is 10.8. The van der Waals surface area contributed by atoms with E-state index >= 15 is 0 Å². The average Bonchev–Trinajstić information content (AvgIpc) is 3.66. The lowest BCUT2D eigenvalue weighted by Gasteiger charge is -2.11. The normalized spacial score (nSPS) is 17.2. The highest BCUT2D eigenvalue weighted by molar-refractivity contribution is 7.07. The van der Waals surface area contributed by atoms with Gasteiger partial charge in [0.2, 0.25) is 5.91 Å². The number of nitrogens with one attached hydrogen (secondary N) is 1. The van der Waals surface area contributed by atoms with Crippen molar-refractivity contribution in [3.05, 3.63) is 69.4 Å². The second kappa shape index (κ2) is 11.4. The topological polar surface area (TPSA) is 55.6 Å². The summed E-state index contributed by atoms with van der Waals surface area (Å²) in [7, 11) is 0. The largest absolute Gasteiger partial charge is 0.457 e. The summed E-state index contributed by atoms with van der Waals surface area (Å²) >= 11 is 7.67. The highest BCUT2D eigenvalue weighted by Gasteiger charge is 2.27. The minimum atomic E-state index is 0.0205. The van der Waals surface area contributed by atoms with Crippen molar-refractivity contribution in [1.29, 1.82) is 0 Å². The van der Waals surface area contributed by atoms with Gasteiger partial charge in [-0.2, -0.15) is 0 Å². The molecule has 0 radical (unpaired) electrons. The Kier molecular flexibility index (Phi) is 7.89. The zero-order valence-electron chi connectivity index (χ0n) is 19.9. The van der Waals surface area contributed by atoms with Crippen molar-refractivity contribution < 1.29 is 9.53 Å². The number of hydrogen-bond acceptors (Lipinski definition) is 4. The lowest BCUT2D eigenvalue weighted by molar-refractivity contribution is -0.116. The summed E-state index contributed by atoms with van der Waals surface area (Å²) in [5, 5.41) is 5.90. The summed E-state index contributed by atoms with van der Waals surface area (Å²) in [5.74, 6) is 1.45. The molecule has 1 heterocycles. The van der Waals surface area contributed by atoms with E-state index < -0.39 is 0 Å². The van der Waals surface area contributed by atoms with E-state index in [2.05, 4.69) is 15.3 Å². The second-order valence-electron chi connectivity index (χ2n) is 9.51. The van der Waals surface area contributed by atoms with Crippen molar-refractivity contribution in [2.24, 2.45) is 4.99 Å². The maximum absolute atomic E-state index is 12.7. The molecule has 5 nitrogen and oxygen atoms in total. The molecule has 35 heavy (non-hydrogen) atoms. The maximum atomic E-state index is 12.7. The molecule has 0 spiro atoms.